The first kappa shape index (κ1) is 25.7. The maximum atomic E-state index is 2.36. The molecule has 0 saturated heterocycles. The molecule has 178 valence electrons. The Labute approximate surface area is 204 Å². The summed E-state index contributed by atoms with van der Waals surface area (Å²) in [6, 6.07) is 33.9. The third-order valence-corrected chi connectivity index (χ3v) is 12.0. The summed E-state index contributed by atoms with van der Waals surface area (Å²) in [7, 11) is -1.60. The van der Waals surface area contributed by atoms with Gasteiger partial charge in [-0.2, -0.15) is 0 Å². The molecule has 0 aromatic heterocycles. The van der Waals surface area contributed by atoms with Crippen LogP contribution in [-0.2, 0) is 18.5 Å². The molecule has 0 nitrogen and oxygen atoms in total. The molecule has 0 heterocycles. The van der Waals surface area contributed by atoms with E-state index >= 15 is 0 Å². The molecule has 0 fully saturated rings. The molecule has 0 amide bonds. The molecule has 0 aliphatic heterocycles. The first-order chi connectivity index (χ1) is 16.3. The fraction of sp³-hybridized carbons (Fsp3) is 0.438. The number of benzene rings is 3. The SMILES string of the molecule is CCCCCCCCCCC[PH](Cc1ccccc1)(Cc1ccccc1)Cc1ccccc1. The van der Waals surface area contributed by atoms with Crippen molar-refractivity contribution in [3.05, 3.63) is 108 Å². The Morgan fingerprint density at radius 1 is 0.424 bits per heavy atom. The van der Waals surface area contributed by atoms with E-state index in [0.717, 1.165) is 0 Å². The summed E-state index contributed by atoms with van der Waals surface area (Å²) in [6.45, 7) is 2.30. The van der Waals surface area contributed by atoms with Crippen molar-refractivity contribution in [1.29, 1.82) is 0 Å². The van der Waals surface area contributed by atoms with Crippen LogP contribution >= 0.6 is 7.26 Å². The van der Waals surface area contributed by atoms with Gasteiger partial charge in [0.15, 0.2) is 0 Å². The van der Waals surface area contributed by atoms with E-state index in [2.05, 4.69) is 97.9 Å². The number of unbranched alkanes of at least 4 members (excludes halogenated alkanes) is 8. The second kappa shape index (κ2) is 15.1. The minimum absolute atomic E-state index is 1.29. The minimum atomic E-state index is -1.60. The van der Waals surface area contributed by atoms with Gasteiger partial charge in [-0.05, 0) is 0 Å². The van der Waals surface area contributed by atoms with E-state index in [1.807, 2.05) is 0 Å². The summed E-state index contributed by atoms with van der Waals surface area (Å²) >= 11 is 0. The van der Waals surface area contributed by atoms with Crippen molar-refractivity contribution in [2.45, 2.75) is 83.2 Å². The first-order valence-corrected chi connectivity index (χ1v) is 16.2. The monoisotopic (exact) mass is 460 g/mol. The van der Waals surface area contributed by atoms with Crippen molar-refractivity contribution < 1.29 is 0 Å². The Morgan fingerprint density at radius 2 is 0.758 bits per heavy atom. The maximum absolute atomic E-state index is 2.36. The van der Waals surface area contributed by atoms with Crippen LogP contribution in [0.2, 0.25) is 0 Å². The van der Waals surface area contributed by atoms with Crippen molar-refractivity contribution in [3.8, 4) is 0 Å². The predicted octanol–water partition coefficient (Wildman–Crippen LogP) is 9.87. The van der Waals surface area contributed by atoms with Gasteiger partial charge in [-0.3, -0.25) is 0 Å². The van der Waals surface area contributed by atoms with Gasteiger partial charge in [-0.15, -0.1) is 0 Å². The fourth-order valence-electron chi connectivity index (χ4n) is 5.35. The zero-order valence-electron chi connectivity index (χ0n) is 20.9. The molecule has 0 radical (unpaired) electrons. The van der Waals surface area contributed by atoms with Gasteiger partial charge in [-0.1, -0.05) is 0 Å². The molecule has 0 saturated carbocycles. The van der Waals surface area contributed by atoms with E-state index in [1.165, 1.54) is 99.1 Å². The number of hydrogen-bond donors (Lipinski definition) is 0. The second-order valence-corrected chi connectivity index (χ2v) is 14.6. The van der Waals surface area contributed by atoms with Gasteiger partial charge in [0.25, 0.3) is 0 Å². The fourth-order valence-corrected chi connectivity index (χ4v) is 10.6. The van der Waals surface area contributed by atoms with Crippen LogP contribution in [0.4, 0.5) is 0 Å². The zero-order chi connectivity index (χ0) is 23.0. The van der Waals surface area contributed by atoms with E-state index in [1.54, 1.807) is 0 Å². The molecule has 3 aromatic carbocycles. The Bertz CT molecular complexity index is 755. The van der Waals surface area contributed by atoms with Crippen LogP contribution in [0.1, 0.15) is 81.4 Å². The van der Waals surface area contributed by atoms with Gasteiger partial charge >= 0.3 is 204 Å². The molecule has 0 spiro atoms. The molecule has 0 N–H and O–H groups in total. The molecule has 3 rings (SSSR count). The Morgan fingerprint density at radius 3 is 1.12 bits per heavy atom. The molecule has 0 atom stereocenters. The quantitative estimate of drug-likeness (QED) is 0.147. The molecular formula is C32H45P. The Hall–Kier alpha value is -1.91. The molecule has 0 bridgehead atoms. The summed E-state index contributed by atoms with van der Waals surface area (Å²) in [5.41, 5.74) is 4.60. The van der Waals surface area contributed by atoms with Crippen LogP contribution in [0.15, 0.2) is 91.0 Å². The summed E-state index contributed by atoms with van der Waals surface area (Å²) < 4.78 is 0. The van der Waals surface area contributed by atoms with Crippen molar-refractivity contribution in [3.63, 3.8) is 0 Å². The average molecular weight is 461 g/mol. The van der Waals surface area contributed by atoms with E-state index < -0.39 is 7.26 Å². The average Bonchev–Trinajstić information content (AvgIpc) is 2.85. The van der Waals surface area contributed by atoms with E-state index in [4.69, 9.17) is 0 Å². The standard InChI is InChI=1S/C32H45P/c1-2-3-4-5-6-7-8-9-19-26-33(27-30-20-13-10-14-21-30,28-31-22-15-11-16-23-31)29-32-24-17-12-18-25-32/h10-18,20-25,33H,2-9,19,26-29H2,1H3. The first-order valence-electron chi connectivity index (χ1n) is 13.4. The molecule has 0 aliphatic rings. The Kier molecular flexibility index (Phi) is 11.7. The molecule has 3 aromatic rings. The van der Waals surface area contributed by atoms with Gasteiger partial charge in [0.05, 0.1) is 0 Å². The molecule has 0 unspecified atom stereocenters. The Balaban J connectivity index is 1.69. The predicted molar refractivity (Wildman–Crippen MR) is 151 cm³/mol. The van der Waals surface area contributed by atoms with Crippen LogP contribution < -0.4 is 0 Å². The van der Waals surface area contributed by atoms with Crippen LogP contribution in [0, 0.1) is 0 Å². The van der Waals surface area contributed by atoms with Crippen LogP contribution in [-0.4, -0.2) is 6.16 Å². The van der Waals surface area contributed by atoms with Crippen LogP contribution in [0.5, 0.6) is 0 Å². The van der Waals surface area contributed by atoms with Gasteiger partial charge in [0.2, 0.25) is 0 Å². The summed E-state index contributed by atoms with van der Waals surface area (Å²) in [6.07, 6.45) is 18.0. The van der Waals surface area contributed by atoms with Crippen molar-refractivity contribution in [2.75, 3.05) is 6.16 Å². The second-order valence-electron chi connectivity index (χ2n) is 10.1. The van der Waals surface area contributed by atoms with Crippen molar-refractivity contribution in [1.82, 2.24) is 0 Å². The van der Waals surface area contributed by atoms with Crippen molar-refractivity contribution in [2.24, 2.45) is 0 Å². The van der Waals surface area contributed by atoms with Crippen LogP contribution in [0.25, 0.3) is 0 Å². The van der Waals surface area contributed by atoms with E-state index in [9.17, 15) is 0 Å². The molecule has 0 aliphatic carbocycles. The van der Waals surface area contributed by atoms with Gasteiger partial charge in [0.1, 0.15) is 0 Å². The van der Waals surface area contributed by atoms with E-state index in [-0.39, 0.29) is 0 Å². The third kappa shape index (κ3) is 9.85. The molecule has 33 heavy (non-hydrogen) atoms. The third-order valence-electron chi connectivity index (χ3n) is 7.08. The van der Waals surface area contributed by atoms with Gasteiger partial charge in [-0.25, -0.2) is 0 Å². The summed E-state index contributed by atoms with van der Waals surface area (Å²) in [4.78, 5) is 0. The normalized spacial score (nSPS) is 12.0. The molecule has 1 heteroatoms. The summed E-state index contributed by atoms with van der Waals surface area (Å²) in [5, 5.41) is 0. The van der Waals surface area contributed by atoms with Crippen molar-refractivity contribution >= 4 is 7.26 Å². The number of rotatable bonds is 16. The van der Waals surface area contributed by atoms with E-state index in [0.29, 0.717) is 0 Å². The molecular weight excluding hydrogens is 415 g/mol. The van der Waals surface area contributed by atoms with Gasteiger partial charge < -0.3 is 0 Å². The number of hydrogen-bond acceptors (Lipinski definition) is 0. The topological polar surface area (TPSA) is 0 Å². The van der Waals surface area contributed by atoms with Gasteiger partial charge in [0, 0.05) is 0 Å². The summed E-state index contributed by atoms with van der Waals surface area (Å²) in [5.74, 6) is 0. The zero-order valence-corrected chi connectivity index (χ0v) is 21.9. The van der Waals surface area contributed by atoms with Crippen LogP contribution in [0.3, 0.4) is 0 Å².